The summed E-state index contributed by atoms with van der Waals surface area (Å²) in [5, 5.41) is 1.16. The molecule has 15 heavy (non-hydrogen) atoms. The monoisotopic (exact) mass is 203 g/mol. The summed E-state index contributed by atoms with van der Waals surface area (Å²) in [5.74, 6) is 0. The van der Waals surface area contributed by atoms with E-state index < -0.39 is 0 Å². The van der Waals surface area contributed by atoms with E-state index in [4.69, 9.17) is 10.2 Å². The van der Waals surface area contributed by atoms with Gasteiger partial charge in [0.2, 0.25) is 0 Å². The van der Waals surface area contributed by atoms with Crippen LogP contribution in [0.1, 0.15) is 25.8 Å². The van der Waals surface area contributed by atoms with Crippen LogP contribution in [0.2, 0.25) is 0 Å². The zero-order valence-electron chi connectivity index (χ0n) is 9.29. The third-order valence-electron chi connectivity index (χ3n) is 3.00. The Morgan fingerprint density at radius 1 is 1.27 bits per heavy atom. The van der Waals surface area contributed by atoms with Crippen molar-refractivity contribution in [1.82, 2.24) is 0 Å². The Balaban J connectivity index is 2.42. The number of nitrogens with two attached hydrogens (primary N) is 1. The molecule has 1 aromatic carbocycles. The fourth-order valence-electron chi connectivity index (χ4n) is 1.89. The van der Waals surface area contributed by atoms with E-state index in [9.17, 15) is 0 Å². The first-order valence-electron chi connectivity index (χ1n) is 5.31. The van der Waals surface area contributed by atoms with Gasteiger partial charge in [0.15, 0.2) is 0 Å². The van der Waals surface area contributed by atoms with E-state index in [1.165, 1.54) is 5.56 Å². The molecule has 2 aromatic rings. The molecule has 0 spiro atoms. The standard InChI is InChI=1S/C13H17NO/c1-13(2,6-7-14)11-3-4-12-10(9-11)5-8-15-12/h3-5,8-9H,6-7,14H2,1-2H3. The zero-order chi connectivity index (χ0) is 10.9. The molecule has 2 heteroatoms. The minimum absolute atomic E-state index is 0.139. The van der Waals surface area contributed by atoms with Crippen molar-refractivity contribution in [3.8, 4) is 0 Å². The summed E-state index contributed by atoms with van der Waals surface area (Å²) in [6.07, 6.45) is 2.72. The van der Waals surface area contributed by atoms with E-state index in [1.54, 1.807) is 6.26 Å². The Hall–Kier alpha value is -1.28. The minimum Gasteiger partial charge on any atom is -0.464 e. The molecule has 2 nitrogen and oxygen atoms in total. The van der Waals surface area contributed by atoms with E-state index in [0.717, 1.165) is 23.9 Å². The van der Waals surface area contributed by atoms with E-state index in [0.29, 0.717) is 0 Å². The van der Waals surface area contributed by atoms with Crippen LogP contribution in [0.15, 0.2) is 34.9 Å². The third-order valence-corrected chi connectivity index (χ3v) is 3.00. The second-order valence-electron chi connectivity index (χ2n) is 4.60. The summed E-state index contributed by atoms with van der Waals surface area (Å²) >= 11 is 0. The molecule has 0 radical (unpaired) electrons. The van der Waals surface area contributed by atoms with E-state index in [1.807, 2.05) is 12.1 Å². The first kappa shape index (κ1) is 10.2. The van der Waals surface area contributed by atoms with Crippen molar-refractivity contribution in [2.45, 2.75) is 25.7 Å². The highest BCUT2D eigenvalue weighted by molar-refractivity contribution is 5.78. The lowest BCUT2D eigenvalue weighted by Crippen LogP contribution is -2.21. The maximum atomic E-state index is 5.63. The molecule has 80 valence electrons. The summed E-state index contributed by atoms with van der Waals surface area (Å²) in [6, 6.07) is 8.34. The normalized spacial score (nSPS) is 12.2. The lowest BCUT2D eigenvalue weighted by atomic mass is 9.81. The van der Waals surface area contributed by atoms with Crippen LogP contribution in [0.4, 0.5) is 0 Å². The predicted octanol–water partition coefficient (Wildman–Crippen LogP) is 3.06. The molecule has 1 aromatic heterocycles. The number of furan rings is 1. The van der Waals surface area contributed by atoms with Crippen LogP contribution >= 0.6 is 0 Å². The number of hydrogen-bond acceptors (Lipinski definition) is 2. The Morgan fingerprint density at radius 2 is 2.07 bits per heavy atom. The number of benzene rings is 1. The first-order chi connectivity index (χ1) is 7.13. The molecule has 0 saturated carbocycles. The SMILES string of the molecule is CC(C)(CCN)c1ccc2occc2c1. The van der Waals surface area contributed by atoms with Crippen LogP contribution in [0.25, 0.3) is 11.0 Å². The molecule has 0 amide bonds. The van der Waals surface area contributed by atoms with Crippen LogP contribution < -0.4 is 5.73 Å². The molecule has 2 rings (SSSR count). The van der Waals surface area contributed by atoms with Gasteiger partial charge in [-0.15, -0.1) is 0 Å². The van der Waals surface area contributed by atoms with Gasteiger partial charge in [0.05, 0.1) is 6.26 Å². The lowest BCUT2D eigenvalue weighted by molar-refractivity contribution is 0.488. The van der Waals surface area contributed by atoms with E-state index >= 15 is 0 Å². The highest BCUT2D eigenvalue weighted by atomic mass is 16.3. The maximum Gasteiger partial charge on any atom is 0.133 e. The average molecular weight is 203 g/mol. The lowest BCUT2D eigenvalue weighted by Gasteiger charge is -2.24. The summed E-state index contributed by atoms with van der Waals surface area (Å²) in [4.78, 5) is 0. The van der Waals surface area contributed by atoms with Crippen LogP contribution in [-0.4, -0.2) is 6.54 Å². The van der Waals surface area contributed by atoms with Crippen molar-refractivity contribution in [1.29, 1.82) is 0 Å². The van der Waals surface area contributed by atoms with Gasteiger partial charge < -0.3 is 10.2 Å². The smallest absolute Gasteiger partial charge is 0.133 e. The molecule has 0 aliphatic heterocycles. The molecule has 2 N–H and O–H groups in total. The molecule has 0 bridgehead atoms. The Morgan fingerprint density at radius 3 is 2.80 bits per heavy atom. The van der Waals surface area contributed by atoms with Crippen molar-refractivity contribution in [2.75, 3.05) is 6.54 Å². The Kier molecular flexibility index (Phi) is 2.53. The quantitative estimate of drug-likeness (QED) is 0.832. The van der Waals surface area contributed by atoms with Crippen LogP contribution in [-0.2, 0) is 5.41 Å². The van der Waals surface area contributed by atoms with Gasteiger partial charge in [-0.2, -0.15) is 0 Å². The van der Waals surface area contributed by atoms with Crippen molar-refractivity contribution in [3.63, 3.8) is 0 Å². The van der Waals surface area contributed by atoms with Crippen molar-refractivity contribution >= 4 is 11.0 Å². The predicted molar refractivity (Wildman–Crippen MR) is 62.9 cm³/mol. The zero-order valence-corrected chi connectivity index (χ0v) is 9.29. The summed E-state index contributed by atoms with van der Waals surface area (Å²) < 4.78 is 5.32. The van der Waals surface area contributed by atoms with Gasteiger partial charge in [-0.3, -0.25) is 0 Å². The fourth-order valence-corrected chi connectivity index (χ4v) is 1.89. The third kappa shape index (κ3) is 1.90. The van der Waals surface area contributed by atoms with Gasteiger partial charge in [-0.05, 0) is 42.1 Å². The van der Waals surface area contributed by atoms with E-state index in [-0.39, 0.29) is 5.41 Å². The minimum atomic E-state index is 0.139. The van der Waals surface area contributed by atoms with Crippen molar-refractivity contribution in [2.24, 2.45) is 5.73 Å². The van der Waals surface area contributed by atoms with Crippen molar-refractivity contribution < 1.29 is 4.42 Å². The van der Waals surface area contributed by atoms with Crippen LogP contribution in [0, 0.1) is 0 Å². The van der Waals surface area contributed by atoms with Gasteiger partial charge in [0.25, 0.3) is 0 Å². The molecule has 0 atom stereocenters. The van der Waals surface area contributed by atoms with Gasteiger partial charge in [-0.1, -0.05) is 19.9 Å². The molecular formula is C13H17NO. The molecule has 0 unspecified atom stereocenters. The molecule has 0 saturated heterocycles. The molecular weight excluding hydrogens is 186 g/mol. The number of fused-ring (bicyclic) bond motifs is 1. The van der Waals surface area contributed by atoms with Gasteiger partial charge in [0, 0.05) is 5.39 Å². The number of rotatable bonds is 3. The largest absolute Gasteiger partial charge is 0.464 e. The van der Waals surface area contributed by atoms with Gasteiger partial charge >= 0.3 is 0 Å². The van der Waals surface area contributed by atoms with Crippen LogP contribution in [0.3, 0.4) is 0 Å². The highest BCUT2D eigenvalue weighted by Gasteiger charge is 2.19. The average Bonchev–Trinajstić information content (AvgIpc) is 2.63. The van der Waals surface area contributed by atoms with Gasteiger partial charge in [0.1, 0.15) is 5.58 Å². The fraction of sp³-hybridized carbons (Fsp3) is 0.385. The number of hydrogen-bond donors (Lipinski definition) is 1. The Bertz CT molecular complexity index is 456. The molecule has 0 aliphatic rings. The first-order valence-corrected chi connectivity index (χ1v) is 5.31. The molecule has 0 aliphatic carbocycles. The van der Waals surface area contributed by atoms with E-state index in [2.05, 4.69) is 26.0 Å². The summed E-state index contributed by atoms with van der Waals surface area (Å²) in [5.41, 5.74) is 8.03. The summed E-state index contributed by atoms with van der Waals surface area (Å²) in [6.45, 7) is 5.17. The Labute approximate surface area is 90.1 Å². The van der Waals surface area contributed by atoms with Crippen molar-refractivity contribution in [3.05, 3.63) is 36.1 Å². The highest BCUT2D eigenvalue weighted by Crippen LogP contribution is 2.29. The maximum absolute atomic E-state index is 5.63. The summed E-state index contributed by atoms with van der Waals surface area (Å²) in [7, 11) is 0. The second-order valence-corrected chi connectivity index (χ2v) is 4.60. The topological polar surface area (TPSA) is 39.2 Å². The van der Waals surface area contributed by atoms with Gasteiger partial charge in [-0.25, -0.2) is 0 Å². The molecule has 0 fully saturated rings. The second kappa shape index (κ2) is 3.70. The van der Waals surface area contributed by atoms with Crippen LogP contribution in [0.5, 0.6) is 0 Å². The molecule has 1 heterocycles.